The number of nitrogens with zero attached hydrogens (tertiary/aromatic N) is 2. The molecule has 1 saturated carbocycles. The minimum atomic E-state index is 0.474. The van der Waals surface area contributed by atoms with Crippen molar-refractivity contribution in [1.82, 2.24) is 15.1 Å². The largest absolute Gasteiger partial charge is 0.308 e. The summed E-state index contributed by atoms with van der Waals surface area (Å²) in [6.45, 7) is 6.53. The van der Waals surface area contributed by atoms with Crippen molar-refractivity contribution >= 4 is 15.9 Å². The minimum absolute atomic E-state index is 0.474. The standard InChI is InChI=1S/C14H24BrN3/c1-3-8-16-13(11-6-5-7-11)14-12(15)10-17-18(14)9-4-2/h10-11,13,16H,3-9H2,1-2H3. The van der Waals surface area contributed by atoms with E-state index in [1.165, 1.54) is 31.4 Å². The summed E-state index contributed by atoms with van der Waals surface area (Å²) in [6.07, 6.45) is 8.35. The third-order valence-corrected chi connectivity index (χ3v) is 4.41. The van der Waals surface area contributed by atoms with Gasteiger partial charge in [0.05, 0.1) is 22.4 Å². The maximum atomic E-state index is 4.51. The number of aryl methyl sites for hydroxylation is 1. The van der Waals surface area contributed by atoms with Crippen LogP contribution in [0.4, 0.5) is 0 Å². The van der Waals surface area contributed by atoms with Gasteiger partial charge in [0.2, 0.25) is 0 Å². The summed E-state index contributed by atoms with van der Waals surface area (Å²) < 4.78 is 3.34. The van der Waals surface area contributed by atoms with Crippen LogP contribution >= 0.6 is 15.9 Å². The molecule has 0 aromatic carbocycles. The Morgan fingerprint density at radius 2 is 2.22 bits per heavy atom. The zero-order chi connectivity index (χ0) is 13.0. The molecule has 1 heterocycles. The fraction of sp³-hybridized carbons (Fsp3) is 0.786. The molecule has 1 unspecified atom stereocenters. The molecule has 18 heavy (non-hydrogen) atoms. The molecule has 1 N–H and O–H groups in total. The van der Waals surface area contributed by atoms with E-state index in [1.807, 2.05) is 6.20 Å². The van der Waals surface area contributed by atoms with Gasteiger partial charge in [-0.1, -0.05) is 20.3 Å². The van der Waals surface area contributed by atoms with Crippen LogP contribution in [0.3, 0.4) is 0 Å². The lowest BCUT2D eigenvalue weighted by molar-refractivity contribution is 0.221. The Kier molecular flexibility index (Phi) is 5.25. The first kappa shape index (κ1) is 14.1. The molecule has 0 amide bonds. The van der Waals surface area contributed by atoms with Crippen molar-refractivity contribution in [3.8, 4) is 0 Å². The molecular weight excluding hydrogens is 290 g/mol. The fourth-order valence-electron chi connectivity index (χ4n) is 2.63. The molecule has 1 aromatic heterocycles. The lowest BCUT2D eigenvalue weighted by atomic mass is 9.78. The van der Waals surface area contributed by atoms with Crippen LogP contribution in [0.25, 0.3) is 0 Å². The second kappa shape index (κ2) is 6.71. The van der Waals surface area contributed by atoms with E-state index in [2.05, 4.69) is 44.9 Å². The Balaban J connectivity index is 2.19. The first-order valence-electron chi connectivity index (χ1n) is 7.22. The summed E-state index contributed by atoms with van der Waals surface area (Å²) in [5, 5.41) is 8.23. The fourth-order valence-corrected chi connectivity index (χ4v) is 3.17. The SMILES string of the molecule is CCCNC(c1c(Br)cnn1CCC)C1CCC1. The Morgan fingerprint density at radius 1 is 1.44 bits per heavy atom. The normalized spacial score (nSPS) is 17.7. The number of halogens is 1. The average molecular weight is 314 g/mol. The van der Waals surface area contributed by atoms with Gasteiger partial charge < -0.3 is 5.32 Å². The van der Waals surface area contributed by atoms with E-state index >= 15 is 0 Å². The number of nitrogens with one attached hydrogen (secondary N) is 1. The molecule has 2 rings (SSSR count). The van der Waals surface area contributed by atoms with Crippen LogP contribution in [0.5, 0.6) is 0 Å². The van der Waals surface area contributed by atoms with Crippen molar-refractivity contribution in [3.63, 3.8) is 0 Å². The lowest BCUT2D eigenvalue weighted by Crippen LogP contribution is -2.34. The monoisotopic (exact) mass is 313 g/mol. The van der Waals surface area contributed by atoms with Crippen LogP contribution in [0, 0.1) is 5.92 Å². The molecule has 0 bridgehead atoms. The van der Waals surface area contributed by atoms with Gasteiger partial charge in [0.15, 0.2) is 0 Å². The Labute approximate surface area is 118 Å². The summed E-state index contributed by atoms with van der Waals surface area (Å²) in [6, 6.07) is 0.474. The molecule has 0 radical (unpaired) electrons. The predicted molar refractivity (Wildman–Crippen MR) is 78.6 cm³/mol. The number of hydrogen-bond donors (Lipinski definition) is 1. The van der Waals surface area contributed by atoms with Gasteiger partial charge in [0.25, 0.3) is 0 Å². The molecule has 1 aliphatic rings. The summed E-state index contributed by atoms with van der Waals surface area (Å²) >= 11 is 3.68. The zero-order valence-corrected chi connectivity index (χ0v) is 13.0. The van der Waals surface area contributed by atoms with Gasteiger partial charge in [0, 0.05) is 6.54 Å². The smallest absolute Gasteiger partial charge is 0.0698 e. The molecule has 1 aromatic rings. The number of hydrogen-bond acceptors (Lipinski definition) is 2. The third-order valence-electron chi connectivity index (χ3n) is 3.80. The maximum Gasteiger partial charge on any atom is 0.0698 e. The van der Waals surface area contributed by atoms with E-state index in [-0.39, 0.29) is 0 Å². The van der Waals surface area contributed by atoms with Gasteiger partial charge in [-0.3, -0.25) is 4.68 Å². The van der Waals surface area contributed by atoms with Crippen molar-refractivity contribution in [1.29, 1.82) is 0 Å². The van der Waals surface area contributed by atoms with Crippen LogP contribution in [0.15, 0.2) is 10.7 Å². The number of rotatable bonds is 7. The van der Waals surface area contributed by atoms with Crippen LogP contribution in [0.1, 0.15) is 57.7 Å². The average Bonchev–Trinajstić information content (AvgIpc) is 2.64. The zero-order valence-electron chi connectivity index (χ0n) is 11.5. The second-order valence-electron chi connectivity index (χ2n) is 5.22. The van der Waals surface area contributed by atoms with Crippen LogP contribution in [-0.2, 0) is 6.54 Å². The maximum absolute atomic E-state index is 4.51. The molecule has 1 aliphatic carbocycles. The molecule has 102 valence electrons. The third kappa shape index (κ3) is 2.97. The molecular formula is C14H24BrN3. The molecule has 4 heteroatoms. The summed E-state index contributed by atoms with van der Waals surface area (Å²) in [4.78, 5) is 0. The first-order valence-corrected chi connectivity index (χ1v) is 8.01. The summed E-state index contributed by atoms with van der Waals surface area (Å²) in [5.41, 5.74) is 1.36. The van der Waals surface area contributed by atoms with Crippen molar-refractivity contribution in [2.75, 3.05) is 6.54 Å². The van der Waals surface area contributed by atoms with Gasteiger partial charge in [-0.05, 0) is 54.1 Å². The Morgan fingerprint density at radius 3 is 2.78 bits per heavy atom. The van der Waals surface area contributed by atoms with Gasteiger partial charge >= 0.3 is 0 Å². The highest BCUT2D eigenvalue weighted by Crippen LogP contribution is 2.39. The van der Waals surface area contributed by atoms with E-state index in [9.17, 15) is 0 Å². The summed E-state index contributed by atoms with van der Waals surface area (Å²) in [5.74, 6) is 0.792. The highest BCUT2D eigenvalue weighted by Gasteiger charge is 2.31. The van der Waals surface area contributed by atoms with Crippen LogP contribution in [-0.4, -0.2) is 16.3 Å². The quantitative estimate of drug-likeness (QED) is 0.827. The molecule has 3 nitrogen and oxygen atoms in total. The molecule has 0 spiro atoms. The summed E-state index contributed by atoms with van der Waals surface area (Å²) in [7, 11) is 0. The van der Waals surface area contributed by atoms with Crippen LogP contribution < -0.4 is 5.32 Å². The van der Waals surface area contributed by atoms with E-state index < -0.39 is 0 Å². The molecule has 1 fully saturated rings. The van der Waals surface area contributed by atoms with E-state index in [1.54, 1.807) is 0 Å². The highest BCUT2D eigenvalue weighted by atomic mass is 79.9. The van der Waals surface area contributed by atoms with Crippen molar-refractivity contribution in [2.24, 2.45) is 5.92 Å². The van der Waals surface area contributed by atoms with E-state index in [0.717, 1.165) is 29.9 Å². The van der Waals surface area contributed by atoms with Gasteiger partial charge in [0.1, 0.15) is 0 Å². The van der Waals surface area contributed by atoms with E-state index in [0.29, 0.717) is 6.04 Å². The first-order chi connectivity index (χ1) is 8.77. The molecule has 1 atom stereocenters. The molecule has 0 saturated heterocycles. The van der Waals surface area contributed by atoms with Crippen molar-refractivity contribution in [2.45, 2.75) is 58.5 Å². The minimum Gasteiger partial charge on any atom is -0.308 e. The lowest BCUT2D eigenvalue weighted by Gasteiger charge is -2.35. The number of aromatic nitrogens is 2. The Hall–Kier alpha value is -0.350. The van der Waals surface area contributed by atoms with Gasteiger partial charge in [-0.15, -0.1) is 0 Å². The highest BCUT2D eigenvalue weighted by molar-refractivity contribution is 9.10. The van der Waals surface area contributed by atoms with E-state index in [4.69, 9.17) is 0 Å². The van der Waals surface area contributed by atoms with Crippen molar-refractivity contribution in [3.05, 3.63) is 16.4 Å². The topological polar surface area (TPSA) is 29.9 Å². The predicted octanol–water partition coefficient (Wildman–Crippen LogP) is 3.90. The Bertz CT molecular complexity index is 371. The molecule has 0 aliphatic heterocycles. The van der Waals surface area contributed by atoms with Crippen LogP contribution in [0.2, 0.25) is 0 Å². The second-order valence-corrected chi connectivity index (χ2v) is 6.08. The van der Waals surface area contributed by atoms with Crippen molar-refractivity contribution < 1.29 is 0 Å². The van der Waals surface area contributed by atoms with Gasteiger partial charge in [-0.25, -0.2) is 0 Å². The van der Waals surface area contributed by atoms with Gasteiger partial charge in [-0.2, -0.15) is 5.10 Å².